The summed E-state index contributed by atoms with van der Waals surface area (Å²) in [5.41, 5.74) is 6.76. The van der Waals surface area contributed by atoms with Crippen LogP contribution in [0.4, 0.5) is 4.79 Å². The predicted octanol–water partition coefficient (Wildman–Crippen LogP) is 1.76. The fraction of sp³-hybridized carbons (Fsp3) is 0.462. The normalized spacial score (nSPS) is 16.4. The van der Waals surface area contributed by atoms with Crippen LogP contribution in [0.15, 0.2) is 18.2 Å². The number of carbonyl (C=O) groups excluding carboxylic acids is 1. The van der Waals surface area contributed by atoms with Crippen LogP contribution < -0.4 is 15.8 Å². The summed E-state index contributed by atoms with van der Waals surface area (Å²) in [5.74, 6) is 0.721. The molecule has 1 aliphatic rings. The molecule has 0 bridgehead atoms. The quantitative estimate of drug-likeness (QED) is 0.865. The minimum atomic E-state index is -0.149. The molecule has 6 heteroatoms. The molecule has 1 aromatic rings. The summed E-state index contributed by atoms with van der Waals surface area (Å²) in [6.07, 6.45) is 0. The average Bonchev–Trinajstić information content (AvgIpc) is 2.77. The zero-order valence-electron chi connectivity index (χ0n) is 10.9. The van der Waals surface area contributed by atoms with Gasteiger partial charge in [0.05, 0.1) is 6.54 Å². The number of hydrogen-bond acceptors (Lipinski definition) is 3. The Labute approximate surface area is 117 Å². The molecule has 0 spiro atoms. The van der Waals surface area contributed by atoms with E-state index in [9.17, 15) is 4.79 Å². The number of ether oxygens (including phenoxy) is 1. The van der Waals surface area contributed by atoms with Crippen molar-refractivity contribution in [1.82, 2.24) is 10.2 Å². The van der Waals surface area contributed by atoms with Gasteiger partial charge in [-0.05, 0) is 25.1 Å². The van der Waals surface area contributed by atoms with E-state index in [4.69, 9.17) is 22.1 Å². The fourth-order valence-corrected chi connectivity index (χ4v) is 2.18. The SMILES string of the molecule is C[C@@H](N)c1cc(Cl)ccc1OCCN1CCNC1=O. The van der Waals surface area contributed by atoms with Gasteiger partial charge in [0, 0.05) is 29.7 Å². The Morgan fingerprint density at radius 2 is 2.37 bits per heavy atom. The van der Waals surface area contributed by atoms with Gasteiger partial charge in [0.2, 0.25) is 0 Å². The van der Waals surface area contributed by atoms with Crippen LogP contribution in [-0.4, -0.2) is 37.2 Å². The summed E-state index contributed by atoms with van der Waals surface area (Å²) in [6.45, 7) is 4.31. The van der Waals surface area contributed by atoms with Crippen LogP contribution in [0, 0.1) is 0 Å². The van der Waals surface area contributed by atoms with Gasteiger partial charge < -0.3 is 20.7 Å². The molecule has 5 nitrogen and oxygen atoms in total. The second-order valence-corrected chi connectivity index (χ2v) is 4.97. The lowest BCUT2D eigenvalue weighted by Gasteiger charge is -2.17. The van der Waals surface area contributed by atoms with E-state index in [1.54, 1.807) is 11.0 Å². The molecule has 2 amide bonds. The van der Waals surface area contributed by atoms with Gasteiger partial charge in [-0.15, -0.1) is 0 Å². The molecule has 19 heavy (non-hydrogen) atoms. The molecular formula is C13H18ClN3O2. The number of nitrogens with zero attached hydrogens (tertiary/aromatic N) is 1. The Morgan fingerprint density at radius 1 is 1.58 bits per heavy atom. The van der Waals surface area contributed by atoms with Gasteiger partial charge in [-0.1, -0.05) is 11.6 Å². The zero-order valence-corrected chi connectivity index (χ0v) is 11.6. The summed E-state index contributed by atoms with van der Waals surface area (Å²) in [7, 11) is 0. The molecule has 1 atom stereocenters. The highest BCUT2D eigenvalue weighted by Crippen LogP contribution is 2.27. The Balaban J connectivity index is 1.93. The molecule has 0 unspecified atom stereocenters. The average molecular weight is 284 g/mol. The number of hydrogen-bond donors (Lipinski definition) is 2. The first-order valence-electron chi connectivity index (χ1n) is 6.28. The lowest BCUT2D eigenvalue weighted by atomic mass is 10.1. The first-order valence-corrected chi connectivity index (χ1v) is 6.66. The first kappa shape index (κ1) is 14.0. The number of amides is 2. The maximum absolute atomic E-state index is 11.4. The van der Waals surface area contributed by atoms with Gasteiger partial charge in [0.25, 0.3) is 0 Å². The molecule has 0 aliphatic carbocycles. The van der Waals surface area contributed by atoms with Crippen molar-refractivity contribution in [2.75, 3.05) is 26.2 Å². The smallest absolute Gasteiger partial charge is 0.317 e. The highest BCUT2D eigenvalue weighted by molar-refractivity contribution is 6.30. The van der Waals surface area contributed by atoms with Gasteiger partial charge in [0.1, 0.15) is 12.4 Å². The van der Waals surface area contributed by atoms with Crippen molar-refractivity contribution >= 4 is 17.6 Å². The monoisotopic (exact) mass is 283 g/mol. The maximum atomic E-state index is 11.4. The predicted molar refractivity (Wildman–Crippen MR) is 74.5 cm³/mol. The first-order chi connectivity index (χ1) is 9.08. The topological polar surface area (TPSA) is 67.6 Å². The van der Waals surface area contributed by atoms with Crippen LogP contribution in [0.3, 0.4) is 0 Å². The Hall–Kier alpha value is -1.46. The molecule has 1 fully saturated rings. The highest BCUT2D eigenvalue weighted by atomic mass is 35.5. The van der Waals surface area contributed by atoms with Crippen LogP contribution in [-0.2, 0) is 0 Å². The third kappa shape index (κ3) is 3.52. The third-order valence-electron chi connectivity index (χ3n) is 3.03. The van der Waals surface area contributed by atoms with E-state index >= 15 is 0 Å². The lowest BCUT2D eigenvalue weighted by molar-refractivity contribution is 0.202. The van der Waals surface area contributed by atoms with Gasteiger partial charge in [-0.25, -0.2) is 4.79 Å². The molecule has 1 aromatic carbocycles. The molecule has 0 radical (unpaired) electrons. The van der Waals surface area contributed by atoms with Crippen LogP contribution in [0.5, 0.6) is 5.75 Å². The van der Waals surface area contributed by atoms with E-state index < -0.39 is 0 Å². The van der Waals surface area contributed by atoms with Gasteiger partial charge in [-0.2, -0.15) is 0 Å². The number of rotatable bonds is 5. The number of carbonyl (C=O) groups is 1. The summed E-state index contributed by atoms with van der Waals surface area (Å²) < 4.78 is 5.70. The maximum Gasteiger partial charge on any atom is 0.317 e. The summed E-state index contributed by atoms with van der Waals surface area (Å²) in [6, 6.07) is 5.21. The largest absolute Gasteiger partial charge is 0.491 e. The van der Waals surface area contributed by atoms with Gasteiger partial charge in [-0.3, -0.25) is 0 Å². The van der Waals surface area contributed by atoms with Crippen molar-refractivity contribution in [3.8, 4) is 5.75 Å². The molecule has 104 valence electrons. The highest BCUT2D eigenvalue weighted by Gasteiger charge is 2.19. The summed E-state index contributed by atoms with van der Waals surface area (Å²) in [4.78, 5) is 13.1. The number of nitrogens with one attached hydrogen (secondary N) is 1. The standard InChI is InChI=1S/C13H18ClN3O2/c1-9(15)11-8-10(14)2-3-12(11)19-7-6-17-5-4-16-13(17)18/h2-3,8-9H,4-7,15H2,1H3,(H,16,18)/t9-/m1/s1. The van der Waals surface area contributed by atoms with E-state index in [0.29, 0.717) is 24.7 Å². The van der Waals surface area contributed by atoms with Crippen LogP contribution >= 0.6 is 11.6 Å². The minimum Gasteiger partial charge on any atom is -0.491 e. The second kappa shape index (κ2) is 6.12. The Kier molecular flexibility index (Phi) is 4.50. The minimum absolute atomic E-state index is 0.0351. The molecule has 1 aliphatic heterocycles. The summed E-state index contributed by atoms with van der Waals surface area (Å²) >= 11 is 5.95. The Morgan fingerprint density at radius 3 is 3.00 bits per heavy atom. The lowest BCUT2D eigenvalue weighted by Crippen LogP contribution is -2.32. The van der Waals surface area contributed by atoms with Crippen molar-refractivity contribution in [3.63, 3.8) is 0 Å². The van der Waals surface area contributed by atoms with E-state index in [2.05, 4.69) is 5.32 Å². The molecule has 1 saturated heterocycles. The van der Waals surface area contributed by atoms with Crippen LogP contribution in [0.25, 0.3) is 0 Å². The fourth-order valence-electron chi connectivity index (χ4n) is 2.00. The number of benzene rings is 1. The van der Waals surface area contributed by atoms with E-state index in [1.807, 2.05) is 19.1 Å². The molecular weight excluding hydrogens is 266 g/mol. The van der Waals surface area contributed by atoms with Crippen molar-refractivity contribution < 1.29 is 9.53 Å². The molecule has 1 heterocycles. The van der Waals surface area contributed by atoms with E-state index in [1.165, 1.54) is 0 Å². The van der Waals surface area contributed by atoms with Crippen molar-refractivity contribution in [3.05, 3.63) is 28.8 Å². The summed E-state index contributed by atoms with van der Waals surface area (Å²) in [5, 5.41) is 3.39. The van der Waals surface area contributed by atoms with Gasteiger partial charge in [0.15, 0.2) is 0 Å². The van der Waals surface area contributed by atoms with E-state index in [0.717, 1.165) is 17.9 Å². The third-order valence-corrected chi connectivity index (χ3v) is 3.26. The Bertz CT molecular complexity index is 465. The van der Waals surface area contributed by atoms with Crippen LogP contribution in [0.2, 0.25) is 5.02 Å². The number of nitrogens with two attached hydrogens (primary N) is 1. The molecule has 0 aromatic heterocycles. The molecule has 3 N–H and O–H groups in total. The van der Waals surface area contributed by atoms with Crippen molar-refractivity contribution in [1.29, 1.82) is 0 Å². The van der Waals surface area contributed by atoms with Gasteiger partial charge >= 0.3 is 6.03 Å². The zero-order chi connectivity index (χ0) is 13.8. The van der Waals surface area contributed by atoms with Crippen LogP contribution in [0.1, 0.15) is 18.5 Å². The molecule has 0 saturated carbocycles. The van der Waals surface area contributed by atoms with Crippen molar-refractivity contribution in [2.24, 2.45) is 5.73 Å². The number of halogens is 1. The molecule has 2 rings (SSSR count). The van der Waals surface area contributed by atoms with Crippen molar-refractivity contribution in [2.45, 2.75) is 13.0 Å². The number of urea groups is 1. The van der Waals surface area contributed by atoms with E-state index in [-0.39, 0.29) is 12.1 Å². The second-order valence-electron chi connectivity index (χ2n) is 4.54.